The van der Waals surface area contributed by atoms with Crippen molar-refractivity contribution in [3.63, 3.8) is 0 Å². The highest BCUT2D eigenvalue weighted by molar-refractivity contribution is 5.93. The molecule has 144 valence electrons. The van der Waals surface area contributed by atoms with Crippen LogP contribution in [0.2, 0.25) is 0 Å². The molecule has 2 aromatic heterocycles. The third-order valence-corrected chi connectivity index (χ3v) is 3.99. The Bertz CT molecular complexity index is 732. The summed E-state index contributed by atoms with van der Waals surface area (Å²) < 4.78 is 21.5. The Morgan fingerprint density at radius 1 is 1.30 bits per heavy atom. The van der Waals surface area contributed by atoms with Gasteiger partial charge in [0.05, 0.1) is 25.4 Å². The number of rotatable bonds is 9. The fourth-order valence-electron chi connectivity index (χ4n) is 2.55. The van der Waals surface area contributed by atoms with Crippen molar-refractivity contribution in [3.8, 4) is 11.8 Å². The molecular weight excluding hydrogens is 350 g/mol. The van der Waals surface area contributed by atoms with Crippen molar-refractivity contribution in [1.29, 1.82) is 0 Å². The molecule has 0 spiro atoms. The fraction of sp³-hybridized carbons (Fsp3) is 0.421. The largest absolute Gasteiger partial charge is 0.475 e. The Kier molecular flexibility index (Phi) is 6.95. The maximum absolute atomic E-state index is 12.4. The normalized spacial score (nSPS) is 16.1. The van der Waals surface area contributed by atoms with E-state index in [0.717, 1.165) is 12.0 Å². The molecule has 0 bridgehead atoms. The standard InChI is InChI=1S/C19H23N3O5/c1-24-9-10-26-19-15(3-2-7-20-19)12-22-18(23)14-4-5-17(21-11-14)27-16-6-8-25-13-16/h2-5,7,11,16H,6,8-10,12-13H2,1H3,(H,22,23). The maximum Gasteiger partial charge on any atom is 0.253 e. The van der Waals surface area contributed by atoms with Crippen LogP contribution in [0.1, 0.15) is 22.3 Å². The Morgan fingerprint density at radius 2 is 2.22 bits per heavy atom. The topological polar surface area (TPSA) is 91.8 Å². The van der Waals surface area contributed by atoms with Gasteiger partial charge in [-0.3, -0.25) is 4.79 Å². The van der Waals surface area contributed by atoms with E-state index in [0.29, 0.717) is 50.3 Å². The zero-order valence-corrected chi connectivity index (χ0v) is 15.2. The SMILES string of the molecule is COCCOc1ncccc1CNC(=O)c1ccc(OC2CCOC2)nc1. The van der Waals surface area contributed by atoms with Gasteiger partial charge in [0.15, 0.2) is 0 Å². The lowest BCUT2D eigenvalue weighted by atomic mass is 10.2. The molecule has 0 aromatic carbocycles. The van der Waals surface area contributed by atoms with E-state index in [9.17, 15) is 4.79 Å². The number of carbonyl (C=O) groups excluding carboxylic acids is 1. The van der Waals surface area contributed by atoms with Gasteiger partial charge in [-0.05, 0) is 12.1 Å². The molecule has 3 heterocycles. The lowest BCUT2D eigenvalue weighted by molar-refractivity contribution is 0.0949. The fourth-order valence-corrected chi connectivity index (χ4v) is 2.55. The Labute approximate surface area is 157 Å². The number of nitrogens with one attached hydrogen (secondary N) is 1. The molecule has 8 nitrogen and oxygen atoms in total. The minimum absolute atomic E-state index is 0.0271. The molecule has 1 unspecified atom stereocenters. The number of hydrogen-bond acceptors (Lipinski definition) is 7. The van der Waals surface area contributed by atoms with E-state index in [1.165, 1.54) is 6.20 Å². The maximum atomic E-state index is 12.4. The number of carbonyl (C=O) groups is 1. The average molecular weight is 373 g/mol. The first-order chi connectivity index (χ1) is 13.3. The number of methoxy groups -OCH3 is 1. The van der Waals surface area contributed by atoms with E-state index in [1.807, 2.05) is 6.07 Å². The van der Waals surface area contributed by atoms with Gasteiger partial charge < -0.3 is 24.3 Å². The summed E-state index contributed by atoms with van der Waals surface area (Å²) in [4.78, 5) is 20.7. The van der Waals surface area contributed by atoms with Gasteiger partial charge in [-0.1, -0.05) is 6.07 Å². The summed E-state index contributed by atoms with van der Waals surface area (Å²) in [6, 6.07) is 7.03. The molecule has 1 amide bonds. The number of pyridine rings is 2. The summed E-state index contributed by atoms with van der Waals surface area (Å²) >= 11 is 0. The van der Waals surface area contributed by atoms with Crippen LogP contribution in [-0.4, -0.2) is 55.5 Å². The highest BCUT2D eigenvalue weighted by atomic mass is 16.5. The smallest absolute Gasteiger partial charge is 0.253 e. The minimum atomic E-state index is -0.232. The molecule has 1 atom stereocenters. The zero-order chi connectivity index (χ0) is 18.9. The van der Waals surface area contributed by atoms with Crippen LogP contribution in [0.15, 0.2) is 36.7 Å². The van der Waals surface area contributed by atoms with Crippen molar-refractivity contribution in [2.45, 2.75) is 19.1 Å². The van der Waals surface area contributed by atoms with Crippen LogP contribution in [-0.2, 0) is 16.0 Å². The molecule has 27 heavy (non-hydrogen) atoms. The number of ether oxygens (including phenoxy) is 4. The minimum Gasteiger partial charge on any atom is -0.475 e. The highest BCUT2D eigenvalue weighted by Gasteiger charge is 2.18. The van der Waals surface area contributed by atoms with Gasteiger partial charge in [-0.2, -0.15) is 0 Å². The molecule has 1 saturated heterocycles. The predicted molar refractivity (Wildman–Crippen MR) is 96.9 cm³/mol. The van der Waals surface area contributed by atoms with Crippen molar-refractivity contribution in [2.24, 2.45) is 0 Å². The molecule has 2 aromatic rings. The third kappa shape index (κ3) is 5.63. The Hall–Kier alpha value is -2.71. The van der Waals surface area contributed by atoms with Crippen molar-refractivity contribution in [2.75, 3.05) is 33.5 Å². The molecule has 1 aliphatic rings. The first-order valence-electron chi connectivity index (χ1n) is 8.80. The van der Waals surface area contributed by atoms with Gasteiger partial charge in [0.25, 0.3) is 5.91 Å². The van der Waals surface area contributed by atoms with E-state index in [4.69, 9.17) is 18.9 Å². The van der Waals surface area contributed by atoms with Gasteiger partial charge in [0.1, 0.15) is 12.7 Å². The van der Waals surface area contributed by atoms with Crippen LogP contribution in [0.5, 0.6) is 11.8 Å². The molecule has 1 fully saturated rings. The van der Waals surface area contributed by atoms with E-state index in [2.05, 4.69) is 15.3 Å². The molecule has 3 rings (SSSR count). The van der Waals surface area contributed by atoms with Crippen molar-refractivity contribution >= 4 is 5.91 Å². The van der Waals surface area contributed by atoms with Gasteiger partial charge in [0.2, 0.25) is 11.8 Å². The number of amides is 1. The highest BCUT2D eigenvalue weighted by Crippen LogP contribution is 2.16. The van der Waals surface area contributed by atoms with Crippen molar-refractivity contribution in [3.05, 3.63) is 47.8 Å². The molecule has 8 heteroatoms. The van der Waals surface area contributed by atoms with Crippen LogP contribution < -0.4 is 14.8 Å². The Balaban J connectivity index is 1.53. The number of hydrogen-bond donors (Lipinski definition) is 1. The van der Waals surface area contributed by atoms with Crippen LogP contribution in [0.4, 0.5) is 0 Å². The monoisotopic (exact) mass is 373 g/mol. The Morgan fingerprint density at radius 3 is 2.96 bits per heavy atom. The molecule has 0 radical (unpaired) electrons. The second-order valence-corrected chi connectivity index (χ2v) is 5.98. The summed E-state index contributed by atoms with van der Waals surface area (Å²) in [7, 11) is 1.61. The summed E-state index contributed by atoms with van der Waals surface area (Å²) in [5.74, 6) is 0.739. The zero-order valence-electron chi connectivity index (χ0n) is 15.2. The number of nitrogens with zero attached hydrogens (tertiary/aromatic N) is 2. The van der Waals surface area contributed by atoms with Gasteiger partial charge >= 0.3 is 0 Å². The first kappa shape index (κ1) is 19.1. The molecule has 1 N–H and O–H groups in total. The predicted octanol–water partition coefficient (Wildman–Crippen LogP) is 1.60. The van der Waals surface area contributed by atoms with E-state index in [1.54, 1.807) is 31.5 Å². The van der Waals surface area contributed by atoms with Crippen molar-refractivity contribution in [1.82, 2.24) is 15.3 Å². The lowest BCUT2D eigenvalue weighted by Gasteiger charge is -2.12. The van der Waals surface area contributed by atoms with E-state index < -0.39 is 0 Å². The molecule has 0 aliphatic carbocycles. The summed E-state index contributed by atoms with van der Waals surface area (Å²) in [5.41, 5.74) is 1.24. The molecular formula is C19H23N3O5. The lowest BCUT2D eigenvalue weighted by Crippen LogP contribution is -2.23. The van der Waals surface area contributed by atoms with Crippen molar-refractivity contribution < 1.29 is 23.7 Å². The quantitative estimate of drug-likeness (QED) is 0.668. The average Bonchev–Trinajstić information content (AvgIpc) is 3.21. The first-order valence-corrected chi connectivity index (χ1v) is 8.80. The molecule has 0 saturated carbocycles. The summed E-state index contributed by atoms with van der Waals surface area (Å²) in [6.45, 7) is 2.44. The van der Waals surface area contributed by atoms with Gasteiger partial charge in [0, 0.05) is 44.1 Å². The van der Waals surface area contributed by atoms with Crippen LogP contribution in [0.3, 0.4) is 0 Å². The van der Waals surface area contributed by atoms with Crippen LogP contribution >= 0.6 is 0 Å². The van der Waals surface area contributed by atoms with Crippen LogP contribution in [0.25, 0.3) is 0 Å². The van der Waals surface area contributed by atoms with Gasteiger partial charge in [-0.25, -0.2) is 9.97 Å². The van der Waals surface area contributed by atoms with E-state index in [-0.39, 0.29) is 12.0 Å². The van der Waals surface area contributed by atoms with E-state index >= 15 is 0 Å². The second-order valence-electron chi connectivity index (χ2n) is 5.98. The van der Waals surface area contributed by atoms with Crippen LogP contribution in [0, 0.1) is 0 Å². The third-order valence-electron chi connectivity index (χ3n) is 3.99. The number of aromatic nitrogens is 2. The second kappa shape index (κ2) is 9.84. The summed E-state index contributed by atoms with van der Waals surface area (Å²) in [5, 5.41) is 2.85. The van der Waals surface area contributed by atoms with Gasteiger partial charge in [-0.15, -0.1) is 0 Å². The summed E-state index contributed by atoms with van der Waals surface area (Å²) in [6.07, 6.45) is 4.02. The molecule has 1 aliphatic heterocycles.